The van der Waals surface area contributed by atoms with Crippen LogP contribution in [0.4, 0.5) is 9.59 Å². The molecule has 4 aromatic rings. The number of nitrogens with one attached hydrogen (secondary N) is 4. The first kappa shape index (κ1) is 41.0. The molecule has 4 aromatic carbocycles. The molecule has 2 aliphatic carbocycles. The first-order valence-corrected chi connectivity index (χ1v) is 20.0. The van der Waals surface area contributed by atoms with Gasteiger partial charge in [-0.1, -0.05) is 125 Å². The van der Waals surface area contributed by atoms with Gasteiger partial charge in [0, 0.05) is 18.4 Å². The molecule has 5 N–H and O–H groups in total. The Morgan fingerprint density at radius 2 is 0.930 bits per heavy atom. The zero-order valence-electron chi connectivity index (χ0n) is 33.1. The average molecular weight is 775 g/mol. The van der Waals surface area contributed by atoms with Crippen LogP contribution in [0.15, 0.2) is 97.1 Å². The van der Waals surface area contributed by atoms with Crippen LogP contribution in [0.1, 0.15) is 81.0 Å². The van der Waals surface area contributed by atoms with E-state index in [2.05, 4.69) is 45.5 Å². The number of amides is 4. The molecule has 0 saturated carbocycles. The van der Waals surface area contributed by atoms with Crippen molar-refractivity contribution in [2.75, 3.05) is 26.4 Å². The number of hydrogen-bond acceptors (Lipinski definition) is 7. The van der Waals surface area contributed by atoms with Crippen molar-refractivity contribution < 1.29 is 33.8 Å². The summed E-state index contributed by atoms with van der Waals surface area (Å²) in [5.41, 5.74) is 8.85. The first-order valence-electron chi connectivity index (χ1n) is 20.0. The Morgan fingerprint density at radius 1 is 0.561 bits per heavy atom. The molecule has 4 amide bonds. The van der Waals surface area contributed by atoms with Gasteiger partial charge in [-0.3, -0.25) is 9.59 Å². The number of ether oxygens (including phenoxy) is 2. The van der Waals surface area contributed by atoms with Gasteiger partial charge < -0.3 is 35.8 Å². The normalized spacial score (nSPS) is 14.4. The van der Waals surface area contributed by atoms with E-state index in [-0.39, 0.29) is 56.5 Å². The van der Waals surface area contributed by atoms with Crippen LogP contribution in [-0.2, 0) is 19.1 Å². The molecule has 0 fully saturated rings. The van der Waals surface area contributed by atoms with Crippen LogP contribution >= 0.6 is 0 Å². The highest BCUT2D eigenvalue weighted by molar-refractivity contribution is 5.87. The van der Waals surface area contributed by atoms with Crippen molar-refractivity contribution in [2.24, 2.45) is 11.8 Å². The Bertz CT molecular complexity index is 1960. The van der Waals surface area contributed by atoms with E-state index in [4.69, 9.17) is 9.47 Å². The second-order valence-electron chi connectivity index (χ2n) is 15.8. The van der Waals surface area contributed by atoms with Crippen LogP contribution in [0, 0.1) is 11.8 Å². The summed E-state index contributed by atoms with van der Waals surface area (Å²) in [6.07, 6.45) is -0.436. The van der Waals surface area contributed by atoms with Gasteiger partial charge in [-0.25, -0.2) is 9.59 Å². The van der Waals surface area contributed by atoms with Crippen molar-refractivity contribution in [1.29, 1.82) is 0 Å². The fraction of sp³-hybridized carbons (Fsp3) is 0.391. The zero-order chi connectivity index (χ0) is 40.5. The number of hydrogen-bond donors (Lipinski definition) is 5. The standard InChI is InChI=1S/C46H54N4O7/c1-28(2)23-41(49-45(54)56-26-39-35-17-9-5-13-31(35)32-14-6-10-18-36(32)39)43(52)47-22-21-30(25-51)48-44(53)42(24-29(3)4)50-46(55)57-27-40-37-19-11-7-15-33(37)34-16-8-12-20-38(34)40/h5-20,28-30,39-42,51H,21-27H2,1-4H3,(H,47,52)(H,48,53)(H,49,54)(H,50,55)/t30-,41-,42-/m0/s1. The molecule has 0 bridgehead atoms. The van der Waals surface area contributed by atoms with Crippen molar-refractivity contribution in [3.63, 3.8) is 0 Å². The van der Waals surface area contributed by atoms with Gasteiger partial charge in [0.2, 0.25) is 11.8 Å². The SMILES string of the molecule is CC(C)C[C@H](NC(=O)OCC1c2ccccc2-c2ccccc21)C(=O)NCC[C@@H](CO)NC(=O)[C@H](CC(C)C)NC(=O)OCC1c2ccccc2-c2ccccc21. The molecule has 2 aliphatic rings. The average Bonchev–Trinajstić information content (AvgIpc) is 3.70. The Kier molecular flexibility index (Phi) is 13.6. The summed E-state index contributed by atoms with van der Waals surface area (Å²) in [6, 6.07) is 29.8. The summed E-state index contributed by atoms with van der Waals surface area (Å²) in [5.74, 6) is -0.916. The summed E-state index contributed by atoms with van der Waals surface area (Å²) < 4.78 is 11.4. The second kappa shape index (κ2) is 19.0. The largest absolute Gasteiger partial charge is 0.449 e. The molecule has 0 saturated heterocycles. The van der Waals surface area contributed by atoms with Gasteiger partial charge in [-0.2, -0.15) is 0 Å². The Balaban J connectivity index is 0.980. The molecule has 11 nitrogen and oxygen atoms in total. The van der Waals surface area contributed by atoms with Crippen LogP contribution in [0.25, 0.3) is 22.3 Å². The van der Waals surface area contributed by atoms with E-state index in [0.717, 1.165) is 44.5 Å². The maximum atomic E-state index is 13.5. The van der Waals surface area contributed by atoms with Gasteiger partial charge in [0.1, 0.15) is 25.3 Å². The van der Waals surface area contributed by atoms with Crippen LogP contribution in [0.5, 0.6) is 0 Å². The number of carbonyl (C=O) groups excluding carboxylic acids is 4. The van der Waals surface area contributed by atoms with Crippen LogP contribution < -0.4 is 21.3 Å². The number of fused-ring (bicyclic) bond motifs is 6. The maximum absolute atomic E-state index is 13.5. The third-order valence-corrected chi connectivity index (χ3v) is 10.7. The fourth-order valence-electron chi connectivity index (χ4n) is 7.97. The summed E-state index contributed by atoms with van der Waals surface area (Å²) in [4.78, 5) is 53.0. The molecule has 0 spiro atoms. The molecular weight excluding hydrogens is 721 g/mol. The summed E-state index contributed by atoms with van der Waals surface area (Å²) in [5, 5.41) is 21.3. The molecule has 0 aliphatic heterocycles. The van der Waals surface area contributed by atoms with Gasteiger partial charge >= 0.3 is 12.2 Å². The number of alkyl carbamates (subject to hydrolysis) is 2. The van der Waals surface area contributed by atoms with Gasteiger partial charge in [-0.15, -0.1) is 0 Å². The monoisotopic (exact) mass is 774 g/mol. The van der Waals surface area contributed by atoms with Gasteiger partial charge in [0.15, 0.2) is 0 Å². The van der Waals surface area contributed by atoms with E-state index >= 15 is 0 Å². The highest BCUT2D eigenvalue weighted by Gasteiger charge is 2.32. The molecule has 11 heteroatoms. The lowest BCUT2D eigenvalue weighted by atomic mass is 9.98. The first-order chi connectivity index (χ1) is 27.5. The number of aliphatic hydroxyl groups is 1. The molecule has 6 rings (SSSR count). The number of aliphatic hydroxyl groups excluding tert-OH is 1. The lowest BCUT2D eigenvalue weighted by Crippen LogP contribution is -2.52. The maximum Gasteiger partial charge on any atom is 0.407 e. The van der Waals surface area contributed by atoms with E-state index in [0.29, 0.717) is 12.8 Å². The summed E-state index contributed by atoms with van der Waals surface area (Å²) in [7, 11) is 0. The van der Waals surface area contributed by atoms with Crippen LogP contribution in [-0.4, -0.2) is 73.6 Å². The van der Waals surface area contributed by atoms with E-state index < -0.39 is 42.1 Å². The Morgan fingerprint density at radius 3 is 1.30 bits per heavy atom. The van der Waals surface area contributed by atoms with Crippen molar-refractivity contribution in [3.05, 3.63) is 119 Å². The number of carbonyl (C=O) groups is 4. The number of benzene rings is 4. The molecule has 0 unspecified atom stereocenters. The molecule has 3 atom stereocenters. The zero-order valence-corrected chi connectivity index (χ0v) is 33.1. The lowest BCUT2D eigenvalue weighted by molar-refractivity contribution is -0.124. The molecule has 57 heavy (non-hydrogen) atoms. The van der Waals surface area contributed by atoms with E-state index in [1.165, 1.54) is 0 Å². The van der Waals surface area contributed by atoms with Crippen molar-refractivity contribution in [2.45, 2.75) is 76.9 Å². The predicted octanol–water partition coefficient (Wildman–Crippen LogP) is 6.88. The Hall–Kier alpha value is -5.68. The molecule has 0 radical (unpaired) electrons. The van der Waals surface area contributed by atoms with Crippen molar-refractivity contribution in [1.82, 2.24) is 21.3 Å². The van der Waals surface area contributed by atoms with Crippen molar-refractivity contribution in [3.8, 4) is 22.3 Å². The number of rotatable bonds is 17. The topological polar surface area (TPSA) is 155 Å². The minimum absolute atomic E-state index is 0.0726. The Labute approximate surface area is 334 Å². The van der Waals surface area contributed by atoms with Gasteiger partial charge in [0.05, 0.1) is 12.6 Å². The van der Waals surface area contributed by atoms with E-state index in [1.807, 2.05) is 100 Å². The minimum atomic E-state index is -0.902. The van der Waals surface area contributed by atoms with Crippen LogP contribution in [0.2, 0.25) is 0 Å². The fourth-order valence-corrected chi connectivity index (χ4v) is 7.97. The van der Waals surface area contributed by atoms with Gasteiger partial charge in [0.25, 0.3) is 0 Å². The smallest absolute Gasteiger partial charge is 0.407 e. The molecule has 300 valence electrons. The van der Waals surface area contributed by atoms with Crippen molar-refractivity contribution >= 4 is 24.0 Å². The quantitative estimate of drug-likeness (QED) is 0.0784. The second-order valence-corrected chi connectivity index (χ2v) is 15.8. The molecule has 0 aromatic heterocycles. The summed E-state index contributed by atoms with van der Waals surface area (Å²) in [6.45, 7) is 7.80. The van der Waals surface area contributed by atoms with Gasteiger partial charge in [-0.05, 0) is 75.6 Å². The highest BCUT2D eigenvalue weighted by Crippen LogP contribution is 2.45. The third-order valence-electron chi connectivity index (χ3n) is 10.7. The predicted molar refractivity (Wildman–Crippen MR) is 220 cm³/mol. The molecule has 0 heterocycles. The lowest BCUT2D eigenvalue weighted by Gasteiger charge is -2.24. The highest BCUT2D eigenvalue weighted by atomic mass is 16.6. The van der Waals surface area contributed by atoms with Crippen LogP contribution in [0.3, 0.4) is 0 Å². The summed E-state index contributed by atoms with van der Waals surface area (Å²) >= 11 is 0. The minimum Gasteiger partial charge on any atom is -0.449 e. The van der Waals surface area contributed by atoms with E-state index in [1.54, 1.807) is 0 Å². The van der Waals surface area contributed by atoms with E-state index in [9.17, 15) is 24.3 Å². The third kappa shape index (κ3) is 10.0. The molecular formula is C46H54N4O7.